The maximum atomic E-state index is 12.7. The fourth-order valence-corrected chi connectivity index (χ4v) is 6.74. The van der Waals surface area contributed by atoms with Crippen LogP contribution in [0.5, 0.6) is 5.75 Å². The molecule has 0 spiro atoms. The minimum absolute atomic E-state index is 0.106. The molecule has 9 heteroatoms. The van der Waals surface area contributed by atoms with Gasteiger partial charge >= 0.3 is 0 Å². The van der Waals surface area contributed by atoms with Crippen LogP contribution in [-0.4, -0.2) is 38.4 Å². The number of benzene rings is 1. The zero-order valence-corrected chi connectivity index (χ0v) is 20.3. The molecule has 7 nitrogen and oxygen atoms in total. The zero-order valence-electron chi connectivity index (χ0n) is 18.6. The lowest BCUT2D eigenvalue weighted by atomic mass is 9.89. The number of anilines is 1. The van der Waals surface area contributed by atoms with Gasteiger partial charge in [0.2, 0.25) is 5.91 Å². The number of hydrogen-bond acceptors (Lipinski definition) is 7. The van der Waals surface area contributed by atoms with Crippen molar-refractivity contribution in [2.75, 3.05) is 18.2 Å². The number of nitrogens with one attached hydrogen (secondary N) is 1. The fraction of sp³-hybridized carbons (Fsp3) is 0.417. The SMILES string of the molecule is COc1ccccc1NC(=O)CSc1nnc2c3c4c(sc3nc(C3CC3)n12)C[C@@H](C)CC4. The molecule has 3 aromatic heterocycles. The van der Waals surface area contributed by atoms with Crippen molar-refractivity contribution in [3.63, 3.8) is 0 Å². The molecule has 6 rings (SSSR count). The minimum Gasteiger partial charge on any atom is -0.495 e. The maximum absolute atomic E-state index is 12.7. The summed E-state index contributed by atoms with van der Waals surface area (Å²) in [7, 11) is 1.60. The van der Waals surface area contributed by atoms with Gasteiger partial charge in [-0.1, -0.05) is 30.8 Å². The van der Waals surface area contributed by atoms with Crippen LogP contribution in [0.25, 0.3) is 15.9 Å². The predicted octanol–water partition coefficient (Wildman–Crippen LogP) is 5.08. The predicted molar refractivity (Wildman–Crippen MR) is 132 cm³/mol. The third-order valence-corrected chi connectivity index (χ3v) is 8.53. The Morgan fingerprint density at radius 3 is 2.94 bits per heavy atom. The Hall–Kier alpha value is -2.65. The molecular formula is C24H25N5O2S2. The second-order valence-electron chi connectivity index (χ2n) is 8.95. The number of hydrogen-bond donors (Lipinski definition) is 1. The van der Waals surface area contributed by atoms with Crippen LogP contribution in [0.3, 0.4) is 0 Å². The smallest absolute Gasteiger partial charge is 0.234 e. The van der Waals surface area contributed by atoms with Gasteiger partial charge in [0.05, 0.1) is 23.9 Å². The molecule has 2 aliphatic rings. The van der Waals surface area contributed by atoms with Gasteiger partial charge in [-0.3, -0.25) is 9.20 Å². The lowest BCUT2D eigenvalue weighted by Crippen LogP contribution is -2.15. The van der Waals surface area contributed by atoms with Gasteiger partial charge in [0.25, 0.3) is 0 Å². The van der Waals surface area contributed by atoms with Crippen molar-refractivity contribution >= 4 is 50.6 Å². The molecule has 0 saturated heterocycles. The summed E-state index contributed by atoms with van der Waals surface area (Å²) in [4.78, 5) is 20.4. The summed E-state index contributed by atoms with van der Waals surface area (Å²) in [6, 6.07) is 7.41. The summed E-state index contributed by atoms with van der Waals surface area (Å²) < 4.78 is 7.45. The van der Waals surface area contributed by atoms with Crippen LogP contribution >= 0.6 is 23.1 Å². The second kappa shape index (κ2) is 8.29. The molecule has 1 saturated carbocycles. The highest BCUT2D eigenvalue weighted by molar-refractivity contribution is 7.99. The van der Waals surface area contributed by atoms with E-state index in [-0.39, 0.29) is 11.7 Å². The van der Waals surface area contributed by atoms with Crippen LogP contribution in [0.15, 0.2) is 29.4 Å². The fourth-order valence-electron chi connectivity index (χ4n) is 4.61. The summed E-state index contributed by atoms with van der Waals surface area (Å²) in [5, 5.41) is 14.0. The van der Waals surface area contributed by atoms with E-state index in [1.54, 1.807) is 7.11 Å². The van der Waals surface area contributed by atoms with Crippen LogP contribution in [0.2, 0.25) is 0 Å². The molecule has 3 heterocycles. The molecule has 4 aromatic rings. The molecule has 0 aliphatic heterocycles. The largest absolute Gasteiger partial charge is 0.495 e. The van der Waals surface area contributed by atoms with Gasteiger partial charge in [0.15, 0.2) is 10.8 Å². The van der Waals surface area contributed by atoms with Crippen molar-refractivity contribution in [3.05, 3.63) is 40.5 Å². The number of rotatable bonds is 6. The first-order valence-electron chi connectivity index (χ1n) is 11.4. The first-order valence-corrected chi connectivity index (χ1v) is 13.2. The number of carbonyl (C=O) groups is 1. The third kappa shape index (κ3) is 3.77. The summed E-state index contributed by atoms with van der Waals surface area (Å²) >= 11 is 3.24. The Balaban J connectivity index is 1.33. The lowest BCUT2D eigenvalue weighted by molar-refractivity contribution is -0.113. The van der Waals surface area contributed by atoms with E-state index in [0.717, 1.165) is 53.1 Å². The molecular weight excluding hydrogens is 454 g/mol. The number of aryl methyl sites for hydroxylation is 1. The normalized spacial score (nSPS) is 17.9. The van der Waals surface area contributed by atoms with Crippen LogP contribution in [0.1, 0.15) is 48.4 Å². The van der Waals surface area contributed by atoms with Crippen molar-refractivity contribution < 1.29 is 9.53 Å². The maximum Gasteiger partial charge on any atom is 0.234 e. The van der Waals surface area contributed by atoms with E-state index >= 15 is 0 Å². The van der Waals surface area contributed by atoms with Crippen molar-refractivity contribution in [2.24, 2.45) is 5.92 Å². The molecule has 1 fully saturated rings. The Kier molecular flexibility index (Phi) is 5.25. The van der Waals surface area contributed by atoms with Gasteiger partial charge < -0.3 is 10.1 Å². The van der Waals surface area contributed by atoms with E-state index in [4.69, 9.17) is 9.72 Å². The summed E-state index contributed by atoms with van der Waals surface area (Å²) in [6.07, 6.45) is 5.69. The van der Waals surface area contributed by atoms with Crippen molar-refractivity contribution in [3.8, 4) is 5.75 Å². The topological polar surface area (TPSA) is 81.4 Å². The Morgan fingerprint density at radius 2 is 2.12 bits per heavy atom. The van der Waals surface area contributed by atoms with Gasteiger partial charge in [0.1, 0.15) is 16.4 Å². The van der Waals surface area contributed by atoms with Gasteiger partial charge in [-0.15, -0.1) is 21.5 Å². The van der Waals surface area contributed by atoms with Gasteiger partial charge in [-0.05, 0) is 55.7 Å². The van der Waals surface area contributed by atoms with Crippen LogP contribution in [0.4, 0.5) is 5.69 Å². The Bertz CT molecular complexity index is 1370. The van der Waals surface area contributed by atoms with Crippen molar-refractivity contribution in [1.82, 2.24) is 19.6 Å². The summed E-state index contributed by atoms with van der Waals surface area (Å²) in [5.74, 6) is 2.98. The minimum atomic E-state index is -0.106. The number of aromatic nitrogens is 4. The highest BCUT2D eigenvalue weighted by atomic mass is 32.2. The van der Waals surface area contributed by atoms with Gasteiger partial charge in [-0.2, -0.15) is 0 Å². The standard InChI is InChI=1S/C24H25N5O2S2/c1-13-7-10-15-18(11-13)33-23-20(15)22-27-28-24(29(22)21(26-23)14-8-9-14)32-12-19(30)25-16-5-3-4-6-17(16)31-2/h3-6,13-14H,7-12H2,1-2H3,(H,25,30)/t13-/m0/s1. The van der Waals surface area contributed by atoms with E-state index in [1.165, 1.54) is 34.0 Å². The third-order valence-electron chi connectivity index (χ3n) is 6.45. The average Bonchev–Trinajstić information content (AvgIpc) is 3.47. The second-order valence-corrected chi connectivity index (χ2v) is 11.0. The summed E-state index contributed by atoms with van der Waals surface area (Å²) in [6.45, 7) is 2.33. The molecule has 0 radical (unpaired) electrons. The highest BCUT2D eigenvalue weighted by Crippen LogP contribution is 2.44. The van der Waals surface area contributed by atoms with Crippen LogP contribution in [0, 0.1) is 5.92 Å². The van der Waals surface area contributed by atoms with E-state index in [9.17, 15) is 4.79 Å². The Morgan fingerprint density at radius 1 is 1.27 bits per heavy atom. The zero-order chi connectivity index (χ0) is 22.5. The van der Waals surface area contributed by atoms with Gasteiger partial charge in [0, 0.05) is 10.8 Å². The van der Waals surface area contributed by atoms with Crippen molar-refractivity contribution in [1.29, 1.82) is 0 Å². The first-order chi connectivity index (χ1) is 16.1. The van der Waals surface area contributed by atoms with E-state index in [0.29, 0.717) is 17.4 Å². The summed E-state index contributed by atoms with van der Waals surface area (Å²) in [5.41, 5.74) is 2.98. The number of nitrogens with zero attached hydrogens (tertiary/aromatic N) is 4. The number of carbonyl (C=O) groups excluding carboxylic acids is 1. The van der Waals surface area contributed by atoms with Gasteiger partial charge in [-0.25, -0.2) is 4.98 Å². The van der Waals surface area contributed by atoms with Crippen LogP contribution in [-0.2, 0) is 17.6 Å². The number of para-hydroxylation sites is 2. The molecule has 1 N–H and O–H groups in total. The molecule has 170 valence electrons. The van der Waals surface area contributed by atoms with E-state index < -0.39 is 0 Å². The van der Waals surface area contributed by atoms with E-state index in [1.807, 2.05) is 35.6 Å². The molecule has 2 aliphatic carbocycles. The monoisotopic (exact) mass is 479 g/mol. The molecule has 33 heavy (non-hydrogen) atoms. The molecule has 1 atom stereocenters. The number of fused-ring (bicyclic) bond motifs is 5. The molecule has 1 aromatic carbocycles. The number of methoxy groups -OCH3 is 1. The molecule has 0 bridgehead atoms. The van der Waals surface area contributed by atoms with Crippen molar-refractivity contribution in [2.45, 2.75) is 50.1 Å². The number of ether oxygens (including phenoxy) is 1. The highest BCUT2D eigenvalue weighted by Gasteiger charge is 2.32. The quantitative estimate of drug-likeness (QED) is 0.389. The first kappa shape index (κ1) is 20.9. The molecule has 1 amide bonds. The van der Waals surface area contributed by atoms with E-state index in [2.05, 4.69) is 26.8 Å². The molecule has 0 unspecified atom stereocenters. The Labute approximate surface area is 200 Å². The average molecular weight is 480 g/mol. The number of thiophene rings is 1. The lowest BCUT2D eigenvalue weighted by Gasteiger charge is -2.17. The number of thioether (sulfide) groups is 1. The van der Waals surface area contributed by atoms with Crippen LogP contribution < -0.4 is 10.1 Å². The number of amides is 1.